The van der Waals surface area contributed by atoms with Crippen LogP contribution in [0.1, 0.15) is 32.1 Å². The lowest BCUT2D eigenvalue weighted by atomic mass is 10.1. The molecule has 1 N–H and O–H groups in total. The van der Waals surface area contributed by atoms with Crippen molar-refractivity contribution in [3.8, 4) is 6.07 Å². The lowest BCUT2D eigenvalue weighted by Gasteiger charge is -2.27. The van der Waals surface area contributed by atoms with Crippen LogP contribution in [0.15, 0.2) is 0 Å². The van der Waals surface area contributed by atoms with Crippen molar-refractivity contribution < 1.29 is 4.79 Å². The van der Waals surface area contributed by atoms with Crippen LogP contribution in [0.2, 0.25) is 0 Å². The molecule has 2 rings (SSSR count). The third-order valence-electron chi connectivity index (χ3n) is 2.95. The van der Waals surface area contributed by atoms with Crippen LogP contribution in [0.3, 0.4) is 0 Å². The number of nitrogens with zero attached hydrogens (tertiary/aromatic N) is 2. The van der Waals surface area contributed by atoms with Crippen LogP contribution in [0, 0.1) is 11.3 Å². The second-order valence-corrected chi connectivity index (χ2v) is 4.17. The minimum absolute atomic E-state index is 0.0521. The molecule has 0 aromatic heterocycles. The summed E-state index contributed by atoms with van der Waals surface area (Å²) in [6, 6.07) is 2.11. The number of hydrogen-bond donors (Lipinski definition) is 1. The number of nitrogens with one attached hydrogen (secondary N) is 1. The van der Waals surface area contributed by atoms with Crippen LogP contribution < -0.4 is 5.32 Å². The van der Waals surface area contributed by atoms with Crippen LogP contribution in [0.5, 0.6) is 0 Å². The molecule has 0 unspecified atom stereocenters. The highest BCUT2D eigenvalue weighted by atomic mass is 16.2. The molecule has 0 bridgehead atoms. The number of hydrogen-bond acceptors (Lipinski definition) is 2. The summed E-state index contributed by atoms with van der Waals surface area (Å²) in [6.45, 7) is 1.68. The zero-order valence-electron chi connectivity index (χ0n) is 8.25. The van der Waals surface area contributed by atoms with Gasteiger partial charge in [0.2, 0.25) is 0 Å². The summed E-state index contributed by atoms with van der Waals surface area (Å²) >= 11 is 0. The third-order valence-corrected chi connectivity index (χ3v) is 2.95. The Morgan fingerprint density at radius 3 is 2.43 bits per heavy atom. The molecular weight excluding hydrogens is 178 g/mol. The molecule has 4 nitrogen and oxygen atoms in total. The summed E-state index contributed by atoms with van der Waals surface area (Å²) in [5, 5.41) is 11.6. The molecular formula is C10H15N3O. The molecule has 2 fully saturated rings. The lowest BCUT2D eigenvalue weighted by Crippen LogP contribution is -2.47. The minimum atomic E-state index is -0.519. The van der Waals surface area contributed by atoms with Crippen molar-refractivity contribution >= 4 is 6.03 Å². The molecule has 1 aliphatic heterocycles. The monoisotopic (exact) mass is 193 g/mol. The Kier molecular flexibility index (Phi) is 2.32. The molecule has 0 atom stereocenters. The zero-order valence-corrected chi connectivity index (χ0v) is 8.25. The van der Waals surface area contributed by atoms with Crippen LogP contribution in [-0.4, -0.2) is 29.6 Å². The largest absolute Gasteiger partial charge is 0.325 e. The molecule has 1 aliphatic carbocycles. The first-order valence-electron chi connectivity index (χ1n) is 5.24. The number of carbonyl (C=O) groups is 1. The average Bonchev–Trinajstić information content (AvgIpc) is 3.00. The van der Waals surface area contributed by atoms with Crippen molar-refractivity contribution in [3.63, 3.8) is 0 Å². The molecule has 4 heteroatoms. The number of amides is 2. The summed E-state index contributed by atoms with van der Waals surface area (Å²) in [5.74, 6) is 0. The smallest absolute Gasteiger partial charge is 0.318 e. The molecule has 76 valence electrons. The van der Waals surface area contributed by atoms with Crippen LogP contribution in [0.4, 0.5) is 4.79 Å². The van der Waals surface area contributed by atoms with Crippen molar-refractivity contribution in [2.24, 2.45) is 0 Å². The molecule has 14 heavy (non-hydrogen) atoms. The average molecular weight is 193 g/mol. The van der Waals surface area contributed by atoms with Gasteiger partial charge in [0.05, 0.1) is 6.07 Å². The van der Waals surface area contributed by atoms with Gasteiger partial charge in [0, 0.05) is 13.1 Å². The fourth-order valence-electron chi connectivity index (χ4n) is 1.77. The van der Waals surface area contributed by atoms with Crippen molar-refractivity contribution in [2.45, 2.75) is 37.6 Å². The normalized spacial score (nSPS) is 23.8. The standard InChI is InChI=1S/C10H15N3O/c11-8-10(4-5-10)12-9(14)13-6-2-1-3-7-13/h1-7H2,(H,12,14). The van der Waals surface area contributed by atoms with Gasteiger partial charge in [-0.15, -0.1) is 0 Å². The van der Waals surface area contributed by atoms with Crippen LogP contribution in [-0.2, 0) is 0 Å². The first-order chi connectivity index (χ1) is 6.76. The Morgan fingerprint density at radius 1 is 1.29 bits per heavy atom. The van der Waals surface area contributed by atoms with Gasteiger partial charge in [-0.05, 0) is 32.1 Å². The van der Waals surface area contributed by atoms with E-state index in [1.807, 2.05) is 4.90 Å². The second kappa shape index (κ2) is 3.49. The molecule has 0 spiro atoms. The Bertz CT molecular complexity index is 272. The highest BCUT2D eigenvalue weighted by Crippen LogP contribution is 2.34. The third kappa shape index (κ3) is 1.82. The summed E-state index contributed by atoms with van der Waals surface area (Å²) in [4.78, 5) is 13.5. The maximum atomic E-state index is 11.7. The fraction of sp³-hybridized carbons (Fsp3) is 0.800. The van der Waals surface area contributed by atoms with Gasteiger partial charge < -0.3 is 10.2 Å². The maximum absolute atomic E-state index is 11.7. The van der Waals surface area contributed by atoms with Crippen LogP contribution in [0.25, 0.3) is 0 Å². The van der Waals surface area contributed by atoms with E-state index in [-0.39, 0.29) is 6.03 Å². The van der Waals surface area contributed by atoms with E-state index in [1.54, 1.807) is 0 Å². The SMILES string of the molecule is N#CC1(NC(=O)N2CCCCC2)CC1. The van der Waals surface area contributed by atoms with Gasteiger partial charge in [-0.25, -0.2) is 4.79 Å². The number of likely N-dealkylation sites (tertiary alicyclic amines) is 1. The van der Waals surface area contributed by atoms with E-state index in [0.717, 1.165) is 38.8 Å². The van der Waals surface area contributed by atoms with Gasteiger partial charge in [0.15, 0.2) is 0 Å². The topological polar surface area (TPSA) is 56.1 Å². The van der Waals surface area contributed by atoms with E-state index in [1.165, 1.54) is 6.42 Å². The Balaban J connectivity index is 1.86. The van der Waals surface area contributed by atoms with E-state index < -0.39 is 5.54 Å². The fourth-order valence-corrected chi connectivity index (χ4v) is 1.77. The van der Waals surface area contributed by atoms with Crippen molar-refractivity contribution in [1.29, 1.82) is 5.26 Å². The molecule has 2 amide bonds. The van der Waals surface area contributed by atoms with Gasteiger partial charge in [-0.1, -0.05) is 0 Å². The summed E-state index contributed by atoms with van der Waals surface area (Å²) in [5.41, 5.74) is -0.519. The van der Waals surface area contributed by atoms with Crippen molar-refractivity contribution in [1.82, 2.24) is 10.2 Å². The minimum Gasteiger partial charge on any atom is -0.325 e. The highest BCUT2D eigenvalue weighted by Gasteiger charge is 2.45. The van der Waals surface area contributed by atoms with Crippen molar-refractivity contribution in [2.75, 3.05) is 13.1 Å². The number of piperidine rings is 1. The van der Waals surface area contributed by atoms with Gasteiger partial charge >= 0.3 is 6.03 Å². The molecule has 1 saturated heterocycles. The lowest BCUT2D eigenvalue weighted by molar-refractivity contribution is 0.184. The second-order valence-electron chi connectivity index (χ2n) is 4.17. The van der Waals surface area contributed by atoms with Crippen molar-refractivity contribution in [3.05, 3.63) is 0 Å². The Morgan fingerprint density at radius 2 is 1.93 bits per heavy atom. The molecule has 0 aromatic rings. The number of rotatable bonds is 1. The summed E-state index contributed by atoms with van der Waals surface area (Å²) in [6.07, 6.45) is 5.01. The number of carbonyl (C=O) groups excluding carboxylic acids is 1. The molecule has 2 aliphatic rings. The molecule has 1 saturated carbocycles. The predicted octanol–water partition coefficient (Wildman–Crippen LogP) is 1.24. The summed E-state index contributed by atoms with van der Waals surface area (Å²) < 4.78 is 0. The first kappa shape index (κ1) is 9.32. The molecule has 0 radical (unpaired) electrons. The van der Waals surface area contributed by atoms with E-state index in [2.05, 4.69) is 11.4 Å². The number of nitriles is 1. The Labute approximate surface area is 83.9 Å². The zero-order chi connectivity index (χ0) is 10.0. The van der Waals surface area contributed by atoms with E-state index in [0.29, 0.717) is 0 Å². The van der Waals surface area contributed by atoms with Crippen LogP contribution >= 0.6 is 0 Å². The van der Waals surface area contributed by atoms with E-state index >= 15 is 0 Å². The molecule has 1 heterocycles. The highest BCUT2D eigenvalue weighted by molar-refractivity contribution is 5.76. The van der Waals surface area contributed by atoms with Gasteiger partial charge in [0.1, 0.15) is 5.54 Å². The first-order valence-corrected chi connectivity index (χ1v) is 5.24. The van der Waals surface area contributed by atoms with E-state index in [4.69, 9.17) is 5.26 Å². The number of urea groups is 1. The maximum Gasteiger partial charge on any atom is 0.318 e. The predicted molar refractivity (Wildman–Crippen MR) is 51.5 cm³/mol. The van der Waals surface area contributed by atoms with Gasteiger partial charge in [-0.2, -0.15) is 5.26 Å². The van der Waals surface area contributed by atoms with Gasteiger partial charge in [0.25, 0.3) is 0 Å². The quantitative estimate of drug-likeness (QED) is 0.681. The molecule has 0 aromatic carbocycles. The Hall–Kier alpha value is -1.24. The van der Waals surface area contributed by atoms with Gasteiger partial charge in [-0.3, -0.25) is 0 Å². The summed E-state index contributed by atoms with van der Waals surface area (Å²) in [7, 11) is 0. The van der Waals surface area contributed by atoms with E-state index in [9.17, 15) is 4.79 Å².